The van der Waals surface area contributed by atoms with Gasteiger partial charge in [-0.15, -0.1) is 0 Å². The number of carbonyl (C=O) groups is 1. The van der Waals surface area contributed by atoms with E-state index in [-0.39, 0.29) is 17.7 Å². The monoisotopic (exact) mass is 212 g/mol. The molecule has 0 aromatic heterocycles. The van der Waals surface area contributed by atoms with Crippen molar-refractivity contribution in [2.45, 2.75) is 57.2 Å². The van der Waals surface area contributed by atoms with Crippen LogP contribution in [0.4, 0.5) is 4.79 Å². The lowest BCUT2D eigenvalue weighted by atomic mass is 9.73. The molecule has 2 unspecified atom stereocenters. The largest absolute Gasteiger partial charge is 0.444 e. The summed E-state index contributed by atoms with van der Waals surface area (Å²) in [5, 5.41) is 0. The highest BCUT2D eigenvalue weighted by atomic mass is 16.6. The molecule has 0 aromatic rings. The van der Waals surface area contributed by atoms with Crippen molar-refractivity contribution in [3.63, 3.8) is 0 Å². The molecule has 0 radical (unpaired) electrons. The van der Waals surface area contributed by atoms with Gasteiger partial charge in [-0.1, -0.05) is 0 Å². The number of nitrogens with zero attached hydrogens (tertiary/aromatic N) is 1. The maximum atomic E-state index is 11.8. The summed E-state index contributed by atoms with van der Waals surface area (Å²) >= 11 is 0. The molecular weight excluding hydrogens is 192 g/mol. The van der Waals surface area contributed by atoms with Crippen LogP contribution in [0.2, 0.25) is 0 Å². The van der Waals surface area contributed by atoms with Gasteiger partial charge in [0.25, 0.3) is 0 Å². The van der Waals surface area contributed by atoms with Gasteiger partial charge in [0.15, 0.2) is 0 Å². The van der Waals surface area contributed by atoms with E-state index in [1.54, 1.807) is 4.90 Å². The number of nitrogens with two attached hydrogens (primary N) is 1. The van der Waals surface area contributed by atoms with Gasteiger partial charge in [-0.3, -0.25) is 0 Å². The fraction of sp³-hybridized carbons (Fsp3) is 0.909. The Morgan fingerprint density at radius 3 is 2.53 bits per heavy atom. The molecule has 1 aliphatic heterocycles. The lowest BCUT2D eigenvalue weighted by molar-refractivity contribution is 0.0103. The average Bonchev–Trinajstić information content (AvgIpc) is 2.25. The van der Waals surface area contributed by atoms with E-state index in [0.717, 1.165) is 25.8 Å². The third kappa shape index (κ3) is 1.83. The number of hydrogen-bond acceptors (Lipinski definition) is 3. The molecule has 15 heavy (non-hydrogen) atoms. The summed E-state index contributed by atoms with van der Waals surface area (Å²) in [4.78, 5) is 13.6. The molecule has 4 heteroatoms. The van der Waals surface area contributed by atoms with Crippen LogP contribution in [0.5, 0.6) is 0 Å². The van der Waals surface area contributed by atoms with Crippen LogP contribution in [-0.2, 0) is 4.74 Å². The SMILES string of the molecule is CC(C)(C)OC(=O)N1CCC2(N)CCC12. The second-order valence-corrected chi connectivity index (χ2v) is 5.71. The number of hydrogen-bond donors (Lipinski definition) is 1. The second kappa shape index (κ2) is 3.11. The Morgan fingerprint density at radius 2 is 2.13 bits per heavy atom. The minimum absolute atomic E-state index is 0.114. The average molecular weight is 212 g/mol. The quantitative estimate of drug-likeness (QED) is 0.662. The van der Waals surface area contributed by atoms with E-state index in [2.05, 4.69) is 0 Å². The van der Waals surface area contributed by atoms with E-state index in [9.17, 15) is 4.79 Å². The Kier molecular flexibility index (Phi) is 2.23. The lowest BCUT2D eigenvalue weighted by Gasteiger charge is -2.44. The first-order valence-electron chi connectivity index (χ1n) is 5.60. The minimum Gasteiger partial charge on any atom is -0.444 e. The molecule has 0 bridgehead atoms. The first-order valence-corrected chi connectivity index (χ1v) is 5.60. The van der Waals surface area contributed by atoms with Crippen molar-refractivity contribution >= 4 is 6.09 Å². The van der Waals surface area contributed by atoms with Crippen molar-refractivity contribution in [2.75, 3.05) is 6.54 Å². The van der Waals surface area contributed by atoms with E-state index in [1.165, 1.54) is 0 Å². The van der Waals surface area contributed by atoms with Crippen molar-refractivity contribution in [2.24, 2.45) is 5.73 Å². The molecule has 1 saturated carbocycles. The third-order valence-electron chi connectivity index (χ3n) is 3.37. The fourth-order valence-corrected chi connectivity index (χ4v) is 2.43. The van der Waals surface area contributed by atoms with Crippen LogP contribution in [0.3, 0.4) is 0 Å². The zero-order chi connectivity index (χ0) is 11.3. The maximum absolute atomic E-state index is 11.8. The van der Waals surface area contributed by atoms with Gasteiger partial charge < -0.3 is 15.4 Å². The summed E-state index contributed by atoms with van der Waals surface area (Å²) < 4.78 is 5.35. The molecule has 2 fully saturated rings. The number of amides is 1. The number of carbonyl (C=O) groups excluding carboxylic acids is 1. The van der Waals surface area contributed by atoms with Gasteiger partial charge >= 0.3 is 6.09 Å². The van der Waals surface area contributed by atoms with E-state index in [0.29, 0.717) is 0 Å². The van der Waals surface area contributed by atoms with Crippen molar-refractivity contribution < 1.29 is 9.53 Å². The molecule has 2 rings (SSSR count). The van der Waals surface area contributed by atoms with Crippen LogP contribution >= 0.6 is 0 Å². The Morgan fingerprint density at radius 1 is 1.47 bits per heavy atom. The summed E-state index contributed by atoms with van der Waals surface area (Å²) in [6.07, 6.45) is 2.77. The van der Waals surface area contributed by atoms with Gasteiger partial charge in [0, 0.05) is 12.1 Å². The standard InChI is InChI=1S/C11H20N2O2/c1-10(2,3)15-9(14)13-7-6-11(12)5-4-8(11)13/h8H,4-7,12H2,1-3H3. The summed E-state index contributed by atoms with van der Waals surface area (Å²) in [6, 6.07) is 0.215. The molecule has 86 valence electrons. The van der Waals surface area contributed by atoms with Crippen LogP contribution in [0.15, 0.2) is 0 Å². The molecular formula is C11H20N2O2. The molecule has 1 heterocycles. The van der Waals surface area contributed by atoms with Gasteiger partial charge in [0.05, 0.1) is 6.04 Å². The van der Waals surface area contributed by atoms with Crippen molar-refractivity contribution in [1.82, 2.24) is 4.90 Å². The fourth-order valence-electron chi connectivity index (χ4n) is 2.43. The highest BCUT2D eigenvalue weighted by Crippen LogP contribution is 2.42. The van der Waals surface area contributed by atoms with Crippen LogP contribution in [0, 0.1) is 0 Å². The normalized spacial score (nSPS) is 34.7. The molecule has 1 amide bonds. The summed E-state index contributed by atoms with van der Waals surface area (Å²) in [5.41, 5.74) is 5.62. The summed E-state index contributed by atoms with van der Waals surface area (Å²) in [5.74, 6) is 0. The smallest absolute Gasteiger partial charge is 0.410 e. The number of fused-ring (bicyclic) bond motifs is 1. The lowest BCUT2D eigenvalue weighted by Crippen LogP contribution is -2.60. The van der Waals surface area contributed by atoms with Crippen LogP contribution in [0.25, 0.3) is 0 Å². The topological polar surface area (TPSA) is 55.6 Å². The number of rotatable bonds is 0. The Bertz CT molecular complexity index is 285. The van der Waals surface area contributed by atoms with Crippen molar-refractivity contribution in [3.8, 4) is 0 Å². The van der Waals surface area contributed by atoms with Gasteiger partial charge in [0.1, 0.15) is 5.60 Å². The second-order valence-electron chi connectivity index (χ2n) is 5.71. The minimum atomic E-state index is -0.416. The first-order chi connectivity index (χ1) is 6.82. The maximum Gasteiger partial charge on any atom is 0.410 e. The first kappa shape index (κ1) is 10.7. The molecule has 2 aliphatic rings. The van der Waals surface area contributed by atoms with Gasteiger partial charge in [-0.05, 0) is 40.0 Å². The Hall–Kier alpha value is -0.770. The number of ether oxygens (including phenoxy) is 1. The van der Waals surface area contributed by atoms with Gasteiger partial charge in [-0.2, -0.15) is 0 Å². The highest BCUT2D eigenvalue weighted by Gasteiger charge is 2.53. The molecule has 2 N–H and O–H groups in total. The van der Waals surface area contributed by atoms with Gasteiger partial charge in [-0.25, -0.2) is 4.79 Å². The van der Waals surface area contributed by atoms with Crippen LogP contribution < -0.4 is 5.73 Å². The molecule has 0 spiro atoms. The molecule has 0 aromatic carbocycles. The summed E-state index contributed by atoms with van der Waals surface area (Å²) in [6.45, 7) is 6.41. The Balaban J connectivity index is 1.98. The molecule has 1 saturated heterocycles. The van der Waals surface area contributed by atoms with E-state index in [4.69, 9.17) is 10.5 Å². The van der Waals surface area contributed by atoms with Crippen molar-refractivity contribution in [3.05, 3.63) is 0 Å². The van der Waals surface area contributed by atoms with Crippen molar-refractivity contribution in [1.29, 1.82) is 0 Å². The van der Waals surface area contributed by atoms with Crippen LogP contribution in [-0.4, -0.2) is 34.7 Å². The molecule has 4 nitrogen and oxygen atoms in total. The predicted octanol–water partition coefficient (Wildman–Crippen LogP) is 1.49. The zero-order valence-electron chi connectivity index (χ0n) is 9.75. The Labute approximate surface area is 90.8 Å². The molecule has 2 atom stereocenters. The zero-order valence-corrected chi connectivity index (χ0v) is 9.75. The highest BCUT2D eigenvalue weighted by molar-refractivity contribution is 5.69. The summed E-state index contributed by atoms with van der Waals surface area (Å²) in [7, 11) is 0. The van der Waals surface area contributed by atoms with E-state index in [1.807, 2.05) is 20.8 Å². The number of likely N-dealkylation sites (tertiary alicyclic amines) is 1. The third-order valence-corrected chi connectivity index (χ3v) is 3.37. The van der Waals surface area contributed by atoms with E-state index < -0.39 is 5.60 Å². The van der Waals surface area contributed by atoms with Crippen LogP contribution in [0.1, 0.15) is 40.0 Å². The predicted molar refractivity (Wildman–Crippen MR) is 57.5 cm³/mol. The molecule has 1 aliphatic carbocycles. The van der Waals surface area contributed by atoms with Gasteiger partial charge in [0.2, 0.25) is 0 Å². The van der Waals surface area contributed by atoms with E-state index >= 15 is 0 Å².